The highest BCUT2D eigenvalue weighted by atomic mass is 32.3. The largest absolute Gasteiger partial charge is 0.394 e. The van der Waals surface area contributed by atoms with Crippen LogP contribution in [0.5, 0.6) is 0 Å². The van der Waals surface area contributed by atoms with Gasteiger partial charge in [0.2, 0.25) is 0 Å². The van der Waals surface area contributed by atoms with Gasteiger partial charge in [0, 0.05) is 20.3 Å². The fraction of sp³-hybridized carbons (Fsp3) is 0.333. The lowest BCUT2D eigenvalue weighted by Gasteiger charge is -2.02. The summed E-state index contributed by atoms with van der Waals surface area (Å²) in [6.45, 7) is -4.12. The quantitative estimate of drug-likeness (QED) is 0.609. The monoisotopic (exact) mass is 374 g/mol. The van der Waals surface area contributed by atoms with Crippen LogP contribution in [0.1, 0.15) is 33.1 Å². The summed E-state index contributed by atoms with van der Waals surface area (Å²) in [4.78, 5) is 0. The van der Waals surface area contributed by atoms with Gasteiger partial charge in [-0.2, -0.15) is 8.42 Å². The number of nitrogens with two attached hydrogens (primary N) is 2. The van der Waals surface area contributed by atoms with Crippen LogP contribution >= 0.6 is 0 Å². The summed E-state index contributed by atoms with van der Waals surface area (Å²) < 4.78 is 74.2. The summed E-state index contributed by atoms with van der Waals surface area (Å²) >= 11 is 0. The lowest BCUT2D eigenvalue weighted by molar-refractivity contribution is 0.381. The van der Waals surface area contributed by atoms with Crippen molar-refractivity contribution in [2.45, 2.75) is 38.6 Å². The highest BCUT2D eigenvalue weighted by molar-refractivity contribution is 7.79. The Morgan fingerprint density at radius 1 is 0.840 bits per heavy atom. The molecule has 0 aliphatic carbocycles. The Bertz CT molecular complexity index is 781. The molecule has 0 aliphatic rings. The standard InChI is InChI=1S/2C9H13N.H2O4S/c2*1-8(10)7-9-5-3-2-4-6-9;1-5(2,3)4/h2*2-6,8H,7,10H2,1H3;(H2,1,2,3,4)/t2*8-;/m11./s1/i2*1D3;. The average molecular weight is 375 g/mol. The Kier molecular flexibility index (Phi) is 7.24. The molecular weight excluding hydrogens is 340 g/mol. The molecule has 0 saturated heterocycles. The van der Waals surface area contributed by atoms with Gasteiger partial charge in [0.15, 0.2) is 0 Å². The molecule has 0 unspecified atom stereocenters. The molecule has 2 atom stereocenters. The average Bonchev–Trinajstić information content (AvgIpc) is 2.61. The van der Waals surface area contributed by atoms with E-state index >= 15 is 0 Å². The Balaban J connectivity index is 0.000000479. The molecule has 6 N–H and O–H groups in total. The molecule has 0 amide bonds. The smallest absolute Gasteiger partial charge is 0.328 e. The van der Waals surface area contributed by atoms with Crippen molar-refractivity contribution in [2.75, 3.05) is 0 Å². The van der Waals surface area contributed by atoms with Crippen LogP contribution in [-0.2, 0) is 23.2 Å². The zero-order valence-electron chi connectivity index (χ0n) is 19.6. The fourth-order valence-electron chi connectivity index (χ4n) is 1.74. The normalized spacial score (nSPS) is 17.3. The first-order chi connectivity index (χ1) is 14.0. The van der Waals surface area contributed by atoms with Crippen LogP contribution in [0, 0.1) is 0 Å². The predicted molar refractivity (Wildman–Crippen MR) is 102 cm³/mol. The zero-order valence-corrected chi connectivity index (χ0v) is 14.4. The van der Waals surface area contributed by atoms with Crippen molar-refractivity contribution in [1.29, 1.82) is 0 Å². The van der Waals surface area contributed by atoms with Crippen LogP contribution in [0.3, 0.4) is 0 Å². The molecule has 0 aliphatic heterocycles. The number of benzene rings is 2. The molecule has 0 fully saturated rings. The Hall–Kier alpha value is -1.77. The summed E-state index contributed by atoms with van der Waals surface area (Å²) in [6, 6.07) is 17.3. The molecule has 140 valence electrons. The summed E-state index contributed by atoms with van der Waals surface area (Å²) in [6.07, 6.45) is 0.800. The van der Waals surface area contributed by atoms with Gasteiger partial charge < -0.3 is 11.5 Å². The predicted octanol–water partition coefficient (Wildman–Crippen LogP) is 2.50. The first-order valence-corrected chi connectivity index (χ1v) is 8.68. The van der Waals surface area contributed by atoms with Crippen LogP contribution in [0.15, 0.2) is 60.7 Å². The van der Waals surface area contributed by atoms with Crippen molar-refractivity contribution in [1.82, 2.24) is 0 Å². The lowest BCUT2D eigenvalue weighted by Crippen LogP contribution is -2.17. The summed E-state index contributed by atoms with van der Waals surface area (Å²) in [5.74, 6) is 0. The molecule has 0 saturated carbocycles. The first kappa shape index (κ1) is 14.4. The summed E-state index contributed by atoms with van der Waals surface area (Å²) in [5, 5.41) is 0. The maximum absolute atomic E-state index is 8.74. The van der Waals surface area contributed by atoms with E-state index in [0.29, 0.717) is 12.8 Å². The van der Waals surface area contributed by atoms with Crippen molar-refractivity contribution in [3.8, 4) is 0 Å². The van der Waals surface area contributed by atoms with E-state index in [0.717, 1.165) is 11.1 Å². The molecule has 2 aromatic rings. The van der Waals surface area contributed by atoms with Gasteiger partial charge in [-0.1, -0.05) is 60.7 Å². The highest BCUT2D eigenvalue weighted by Crippen LogP contribution is 2.01. The van der Waals surface area contributed by atoms with Crippen molar-refractivity contribution < 1.29 is 25.7 Å². The third kappa shape index (κ3) is 18.4. The van der Waals surface area contributed by atoms with E-state index in [9.17, 15) is 0 Å². The lowest BCUT2D eigenvalue weighted by atomic mass is 10.1. The summed E-state index contributed by atoms with van der Waals surface area (Å²) in [5.41, 5.74) is 13.0. The van der Waals surface area contributed by atoms with Gasteiger partial charge in [-0.15, -0.1) is 0 Å². The second-order valence-electron chi connectivity index (χ2n) is 5.04. The van der Waals surface area contributed by atoms with E-state index in [-0.39, 0.29) is 0 Å². The van der Waals surface area contributed by atoms with Gasteiger partial charge in [0.1, 0.15) is 0 Å². The molecule has 0 aromatic heterocycles. The van der Waals surface area contributed by atoms with Crippen molar-refractivity contribution in [3.05, 3.63) is 71.8 Å². The van der Waals surface area contributed by atoms with E-state index in [4.69, 9.17) is 37.2 Å². The van der Waals surface area contributed by atoms with Crippen molar-refractivity contribution in [3.63, 3.8) is 0 Å². The van der Waals surface area contributed by atoms with Crippen LogP contribution in [0.25, 0.3) is 0 Å². The second kappa shape index (κ2) is 12.6. The van der Waals surface area contributed by atoms with E-state index < -0.39 is 36.2 Å². The number of hydrogen-bond donors (Lipinski definition) is 4. The Morgan fingerprint density at radius 2 is 1.12 bits per heavy atom. The maximum atomic E-state index is 8.74. The van der Waals surface area contributed by atoms with Crippen molar-refractivity contribution in [2.24, 2.45) is 11.5 Å². The van der Waals surface area contributed by atoms with Gasteiger partial charge in [-0.25, -0.2) is 0 Å². The van der Waals surface area contributed by atoms with E-state index in [1.165, 1.54) is 0 Å². The molecule has 2 rings (SSSR count). The van der Waals surface area contributed by atoms with Crippen LogP contribution in [0.2, 0.25) is 0 Å². The molecule has 0 radical (unpaired) electrons. The molecular formula is C18H28N2O4S. The molecule has 2 aromatic carbocycles. The van der Waals surface area contributed by atoms with E-state index in [1.54, 1.807) is 0 Å². The van der Waals surface area contributed by atoms with Gasteiger partial charge >= 0.3 is 10.4 Å². The fourth-order valence-corrected chi connectivity index (χ4v) is 1.74. The SMILES string of the molecule is O=S(=O)(O)O.[2H]C([2H])([2H])[C@@H](N)Cc1ccccc1.[2H]C([2H])([2H])[C@@H](N)Cc1ccccc1. The van der Waals surface area contributed by atoms with Gasteiger partial charge in [0.05, 0.1) is 0 Å². The van der Waals surface area contributed by atoms with Crippen LogP contribution in [0.4, 0.5) is 0 Å². The minimum absolute atomic E-state index is 0.400. The van der Waals surface area contributed by atoms with Crippen molar-refractivity contribution >= 4 is 10.4 Å². The first-order valence-electron chi connectivity index (χ1n) is 10.3. The van der Waals surface area contributed by atoms with Gasteiger partial charge in [-0.3, -0.25) is 9.11 Å². The molecule has 0 heterocycles. The maximum Gasteiger partial charge on any atom is 0.394 e. The van der Waals surface area contributed by atoms with Gasteiger partial charge in [-0.05, 0) is 37.7 Å². The third-order valence-electron chi connectivity index (χ3n) is 2.60. The minimum atomic E-state index is -4.67. The Labute approximate surface area is 158 Å². The minimum Gasteiger partial charge on any atom is -0.328 e. The van der Waals surface area contributed by atoms with E-state index in [2.05, 4.69) is 0 Å². The number of hydrogen-bond acceptors (Lipinski definition) is 4. The molecule has 25 heavy (non-hydrogen) atoms. The third-order valence-corrected chi connectivity index (χ3v) is 2.60. The molecule has 6 nitrogen and oxygen atoms in total. The molecule has 0 bridgehead atoms. The Morgan fingerprint density at radius 3 is 1.36 bits per heavy atom. The van der Waals surface area contributed by atoms with E-state index in [1.807, 2.05) is 60.7 Å². The highest BCUT2D eigenvalue weighted by Gasteiger charge is 1.95. The topological polar surface area (TPSA) is 127 Å². The zero-order chi connectivity index (χ0) is 24.3. The number of rotatable bonds is 4. The molecule has 7 heteroatoms. The van der Waals surface area contributed by atoms with Gasteiger partial charge in [0.25, 0.3) is 0 Å². The summed E-state index contributed by atoms with van der Waals surface area (Å²) in [7, 11) is -4.67. The van der Waals surface area contributed by atoms with Crippen LogP contribution < -0.4 is 11.5 Å². The van der Waals surface area contributed by atoms with Crippen LogP contribution in [-0.4, -0.2) is 29.6 Å². The molecule has 0 spiro atoms. The second-order valence-corrected chi connectivity index (χ2v) is 5.94.